The van der Waals surface area contributed by atoms with Crippen LogP contribution in [0.2, 0.25) is 0 Å². The van der Waals surface area contributed by atoms with Crippen LogP contribution in [0.4, 0.5) is 0 Å². The number of halogens is 1. The van der Waals surface area contributed by atoms with Gasteiger partial charge in [-0.05, 0) is 27.2 Å². The molecule has 84 valence electrons. The summed E-state index contributed by atoms with van der Waals surface area (Å²) in [5.41, 5.74) is 0. The zero-order valence-corrected chi connectivity index (χ0v) is 11.2. The van der Waals surface area contributed by atoms with Crippen LogP contribution < -0.4 is 0 Å². The Bertz CT molecular complexity index is 173. The molecule has 0 amide bonds. The van der Waals surface area contributed by atoms with E-state index in [-0.39, 0.29) is 16.2 Å². The van der Waals surface area contributed by atoms with E-state index in [1.54, 1.807) is 0 Å². The lowest BCUT2D eigenvalue weighted by molar-refractivity contribution is -0.149. The zero-order valence-electron chi connectivity index (χ0n) is 9.60. The van der Waals surface area contributed by atoms with Crippen molar-refractivity contribution >= 4 is 21.9 Å². The van der Waals surface area contributed by atoms with Crippen molar-refractivity contribution in [3.05, 3.63) is 0 Å². The van der Waals surface area contributed by atoms with Gasteiger partial charge >= 0.3 is 5.97 Å². The van der Waals surface area contributed by atoms with E-state index >= 15 is 0 Å². The molecule has 0 N–H and O–H groups in total. The lowest BCUT2D eigenvalue weighted by Gasteiger charge is -2.26. The van der Waals surface area contributed by atoms with Crippen LogP contribution in [0.5, 0.6) is 0 Å². The molecule has 0 rings (SSSR count). The lowest BCUT2D eigenvalue weighted by Crippen LogP contribution is -2.33. The van der Waals surface area contributed by atoms with E-state index in [0.717, 1.165) is 19.3 Å². The molecule has 0 aromatic rings. The largest absolute Gasteiger partial charge is 0.466 e. The van der Waals surface area contributed by atoms with Crippen molar-refractivity contribution in [3.63, 3.8) is 0 Å². The van der Waals surface area contributed by atoms with Gasteiger partial charge in [0.25, 0.3) is 0 Å². The molecule has 0 fully saturated rings. The number of hydrogen-bond donors (Lipinski definition) is 0. The summed E-state index contributed by atoms with van der Waals surface area (Å²) in [5, 5.41) is 0. The molecule has 0 saturated carbocycles. The van der Waals surface area contributed by atoms with Crippen molar-refractivity contribution in [1.82, 2.24) is 0 Å². The van der Waals surface area contributed by atoms with Gasteiger partial charge in [0.15, 0.2) is 0 Å². The molecule has 0 saturated heterocycles. The van der Waals surface area contributed by atoms with Crippen molar-refractivity contribution in [2.24, 2.45) is 5.92 Å². The average Bonchev–Trinajstić information content (AvgIpc) is 2.03. The lowest BCUT2D eigenvalue weighted by atomic mass is 9.90. The number of alkyl halides is 1. The van der Waals surface area contributed by atoms with Gasteiger partial charge in [-0.2, -0.15) is 0 Å². The maximum atomic E-state index is 11.6. The Morgan fingerprint density at radius 1 is 1.43 bits per heavy atom. The number of carbonyl (C=O) groups excluding carboxylic acids is 1. The molecule has 2 nitrogen and oxygen atoms in total. The summed E-state index contributed by atoms with van der Waals surface area (Å²) in [5.74, 6) is -0.120. The van der Waals surface area contributed by atoms with Crippen molar-refractivity contribution < 1.29 is 9.53 Å². The van der Waals surface area contributed by atoms with Gasteiger partial charge < -0.3 is 4.74 Å². The summed E-state index contributed by atoms with van der Waals surface area (Å²) in [4.78, 5) is 11.6. The third-order valence-electron chi connectivity index (χ3n) is 2.25. The Morgan fingerprint density at radius 2 is 2.00 bits per heavy atom. The molecule has 3 heteroatoms. The van der Waals surface area contributed by atoms with Crippen LogP contribution in [0.15, 0.2) is 0 Å². The number of ether oxygens (including phenoxy) is 1. The maximum Gasteiger partial charge on any atom is 0.310 e. The summed E-state index contributed by atoms with van der Waals surface area (Å²) >= 11 is 3.54. The van der Waals surface area contributed by atoms with Gasteiger partial charge in [-0.25, -0.2) is 0 Å². The van der Waals surface area contributed by atoms with Gasteiger partial charge in [0.05, 0.1) is 12.5 Å². The van der Waals surface area contributed by atoms with Crippen molar-refractivity contribution in [1.29, 1.82) is 0 Å². The summed E-state index contributed by atoms with van der Waals surface area (Å²) < 4.78 is 4.89. The number of carbonyl (C=O) groups is 1. The number of esters is 1. The molecule has 0 aliphatic rings. The summed E-state index contributed by atoms with van der Waals surface area (Å²) in [6.45, 7) is 8.47. The fourth-order valence-corrected chi connectivity index (χ4v) is 1.81. The highest BCUT2D eigenvalue weighted by molar-refractivity contribution is 9.10. The summed E-state index contributed by atoms with van der Waals surface area (Å²) in [6.07, 6.45) is 3.07. The smallest absolute Gasteiger partial charge is 0.310 e. The van der Waals surface area contributed by atoms with Gasteiger partial charge in [-0.15, -0.1) is 0 Å². The Hall–Kier alpha value is -0.0500. The van der Waals surface area contributed by atoms with Crippen LogP contribution in [0, 0.1) is 5.92 Å². The van der Waals surface area contributed by atoms with E-state index in [1.807, 2.05) is 20.8 Å². The first kappa shape index (κ1) is 13.9. The van der Waals surface area contributed by atoms with Gasteiger partial charge in [-0.1, -0.05) is 35.7 Å². The van der Waals surface area contributed by atoms with E-state index in [4.69, 9.17) is 4.74 Å². The fraction of sp³-hybridized carbons (Fsp3) is 0.909. The van der Waals surface area contributed by atoms with Crippen molar-refractivity contribution in [3.8, 4) is 0 Å². The Morgan fingerprint density at radius 3 is 2.36 bits per heavy atom. The molecule has 0 unspecified atom stereocenters. The predicted molar refractivity (Wildman–Crippen MR) is 62.7 cm³/mol. The van der Waals surface area contributed by atoms with Crippen molar-refractivity contribution in [2.75, 3.05) is 6.61 Å². The second-order valence-corrected chi connectivity index (χ2v) is 6.06. The topological polar surface area (TPSA) is 26.3 Å². The minimum absolute atomic E-state index is 0.0394. The van der Waals surface area contributed by atoms with Crippen LogP contribution in [0.1, 0.15) is 47.0 Å². The Labute approximate surface area is 95.5 Å². The van der Waals surface area contributed by atoms with E-state index in [1.165, 1.54) is 0 Å². The molecule has 1 atom stereocenters. The molecule has 0 radical (unpaired) electrons. The van der Waals surface area contributed by atoms with Gasteiger partial charge in [0.2, 0.25) is 0 Å². The molecular formula is C11H21BrO2. The van der Waals surface area contributed by atoms with E-state index in [9.17, 15) is 4.79 Å². The third kappa shape index (κ3) is 4.99. The van der Waals surface area contributed by atoms with E-state index in [2.05, 4.69) is 22.9 Å². The second-order valence-electron chi connectivity index (χ2n) is 4.01. The van der Waals surface area contributed by atoms with Crippen LogP contribution in [0.25, 0.3) is 0 Å². The molecule has 0 aliphatic carbocycles. The molecule has 0 aromatic carbocycles. The van der Waals surface area contributed by atoms with Crippen molar-refractivity contribution in [2.45, 2.75) is 51.3 Å². The first-order valence-electron chi connectivity index (χ1n) is 5.29. The highest BCUT2D eigenvalue weighted by Crippen LogP contribution is 2.31. The van der Waals surface area contributed by atoms with E-state index in [0.29, 0.717) is 6.61 Å². The fourth-order valence-electron chi connectivity index (χ4n) is 1.39. The molecular weight excluding hydrogens is 244 g/mol. The van der Waals surface area contributed by atoms with Crippen LogP contribution in [-0.4, -0.2) is 16.9 Å². The number of rotatable bonds is 6. The normalized spacial score (nSPS) is 13.8. The quantitative estimate of drug-likeness (QED) is 0.542. The molecule has 0 bridgehead atoms. The maximum absolute atomic E-state index is 11.6. The second kappa shape index (κ2) is 6.44. The average molecular weight is 265 g/mol. The zero-order chi connectivity index (χ0) is 11.2. The monoisotopic (exact) mass is 264 g/mol. The Balaban J connectivity index is 4.31. The van der Waals surface area contributed by atoms with Crippen LogP contribution >= 0.6 is 15.9 Å². The SMILES string of the molecule is CCCC[C@@H](C(=O)OCC)C(C)(C)Br. The summed E-state index contributed by atoms with van der Waals surface area (Å²) in [6, 6.07) is 0. The third-order valence-corrected chi connectivity index (χ3v) is 2.80. The summed E-state index contributed by atoms with van der Waals surface area (Å²) in [7, 11) is 0. The predicted octanol–water partition coefficient (Wildman–Crippen LogP) is 3.53. The number of unbranched alkanes of at least 4 members (excludes halogenated alkanes) is 1. The van der Waals surface area contributed by atoms with Gasteiger partial charge in [-0.3, -0.25) is 4.79 Å². The molecule has 0 heterocycles. The minimum atomic E-state index is -0.172. The van der Waals surface area contributed by atoms with E-state index < -0.39 is 0 Å². The van der Waals surface area contributed by atoms with Gasteiger partial charge in [0, 0.05) is 4.32 Å². The standard InChI is InChI=1S/C11H21BrO2/c1-5-7-8-9(11(3,4)12)10(13)14-6-2/h9H,5-8H2,1-4H3/t9-/m0/s1. The highest BCUT2D eigenvalue weighted by Gasteiger charge is 2.33. The molecule has 0 spiro atoms. The molecule has 0 aliphatic heterocycles. The number of hydrogen-bond acceptors (Lipinski definition) is 2. The van der Waals surface area contributed by atoms with Crippen LogP contribution in [-0.2, 0) is 9.53 Å². The first-order chi connectivity index (χ1) is 6.43. The Kier molecular flexibility index (Phi) is 6.41. The molecule has 0 aromatic heterocycles. The molecule has 14 heavy (non-hydrogen) atoms. The van der Waals surface area contributed by atoms with Gasteiger partial charge in [0.1, 0.15) is 0 Å². The minimum Gasteiger partial charge on any atom is -0.466 e. The highest BCUT2D eigenvalue weighted by atomic mass is 79.9. The first-order valence-corrected chi connectivity index (χ1v) is 6.08. The van der Waals surface area contributed by atoms with Crippen LogP contribution in [0.3, 0.4) is 0 Å².